The van der Waals surface area contributed by atoms with Crippen molar-refractivity contribution in [1.29, 1.82) is 0 Å². The monoisotopic (exact) mass is 288 g/mol. The fraction of sp³-hybridized carbons (Fsp3) is 0.684. The van der Waals surface area contributed by atoms with E-state index in [1.165, 1.54) is 23.1 Å². The van der Waals surface area contributed by atoms with Gasteiger partial charge in [0, 0.05) is 5.41 Å². The van der Waals surface area contributed by atoms with Crippen molar-refractivity contribution in [2.75, 3.05) is 0 Å². The smallest absolute Gasteiger partial charge is 0.0599 e. The Balaban J connectivity index is 1.81. The van der Waals surface area contributed by atoms with E-state index in [1.54, 1.807) is 0 Å². The van der Waals surface area contributed by atoms with Gasteiger partial charge in [-0.2, -0.15) is 0 Å². The summed E-state index contributed by atoms with van der Waals surface area (Å²) in [5, 5.41) is 20.1. The SMILES string of the molecule is C=C1CC[C@@H](O)C/C1=C/C=C1\CCC[C@]2(C)C(O)CCC12. The quantitative estimate of drug-likeness (QED) is 0.768. The Morgan fingerprint density at radius 2 is 1.95 bits per heavy atom. The maximum absolute atomic E-state index is 10.3. The van der Waals surface area contributed by atoms with Gasteiger partial charge >= 0.3 is 0 Å². The van der Waals surface area contributed by atoms with Crippen LogP contribution in [0, 0.1) is 11.3 Å². The molecule has 116 valence electrons. The van der Waals surface area contributed by atoms with Gasteiger partial charge < -0.3 is 10.2 Å². The van der Waals surface area contributed by atoms with Crippen LogP contribution in [-0.2, 0) is 0 Å². The van der Waals surface area contributed by atoms with Crippen LogP contribution in [0.15, 0.2) is 35.5 Å². The largest absolute Gasteiger partial charge is 0.393 e. The Hall–Kier alpha value is -0.860. The van der Waals surface area contributed by atoms with Crippen LogP contribution in [0.3, 0.4) is 0 Å². The number of allylic oxidation sites excluding steroid dienone is 4. The number of hydrogen-bond donors (Lipinski definition) is 2. The molecule has 3 rings (SSSR count). The molecule has 0 radical (unpaired) electrons. The summed E-state index contributed by atoms with van der Waals surface area (Å²) < 4.78 is 0. The summed E-state index contributed by atoms with van der Waals surface area (Å²) in [6.07, 6.45) is 12.2. The highest BCUT2D eigenvalue weighted by Crippen LogP contribution is 2.54. The number of fused-ring (bicyclic) bond motifs is 1. The molecule has 0 saturated heterocycles. The van der Waals surface area contributed by atoms with Crippen molar-refractivity contribution in [3.05, 3.63) is 35.5 Å². The summed E-state index contributed by atoms with van der Waals surface area (Å²) in [7, 11) is 0. The summed E-state index contributed by atoms with van der Waals surface area (Å²) >= 11 is 0. The van der Waals surface area contributed by atoms with Gasteiger partial charge in [-0.3, -0.25) is 0 Å². The molecule has 3 aliphatic carbocycles. The molecule has 0 aromatic rings. The van der Waals surface area contributed by atoms with E-state index in [4.69, 9.17) is 0 Å². The fourth-order valence-electron chi connectivity index (χ4n) is 4.61. The van der Waals surface area contributed by atoms with Crippen LogP contribution < -0.4 is 0 Å². The highest BCUT2D eigenvalue weighted by Gasteiger charge is 2.48. The summed E-state index contributed by atoms with van der Waals surface area (Å²) in [6, 6.07) is 0. The van der Waals surface area contributed by atoms with Crippen LogP contribution in [0.25, 0.3) is 0 Å². The van der Waals surface area contributed by atoms with Gasteiger partial charge in [-0.25, -0.2) is 0 Å². The Bertz CT molecular complexity index is 488. The van der Waals surface area contributed by atoms with Gasteiger partial charge in [-0.05, 0) is 62.9 Å². The summed E-state index contributed by atoms with van der Waals surface area (Å²) in [4.78, 5) is 0. The van der Waals surface area contributed by atoms with Crippen LogP contribution >= 0.6 is 0 Å². The first-order valence-electron chi connectivity index (χ1n) is 8.44. The number of rotatable bonds is 1. The Labute approximate surface area is 128 Å². The van der Waals surface area contributed by atoms with Gasteiger partial charge in [0.25, 0.3) is 0 Å². The van der Waals surface area contributed by atoms with E-state index in [0.717, 1.165) is 44.9 Å². The summed E-state index contributed by atoms with van der Waals surface area (Å²) in [6.45, 7) is 6.40. The number of hydrogen-bond acceptors (Lipinski definition) is 2. The molecule has 4 atom stereocenters. The average molecular weight is 288 g/mol. The van der Waals surface area contributed by atoms with Gasteiger partial charge in [-0.1, -0.05) is 36.8 Å². The molecule has 2 N–H and O–H groups in total. The zero-order valence-corrected chi connectivity index (χ0v) is 13.1. The highest BCUT2D eigenvalue weighted by atomic mass is 16.3. The zero-order chi connectivity index (χ0) is 15.0. The molecular formula is C19H28O2. The molecule has 3 fully saturated rings. The Morgan fingerprint density at radius 1 is 1.14 bits per heavy atom. The van der Waals surface area contributed by atoms with Crippen molar-refractivity contribution in [3.63, 3.8) is 0 Å². The van der Waals surface area contributed by atoms with E-state index in [-0.39, 0.29) is 17.6 Å². The molecule has 3 aliphatic rings. The number of aliphatic hydroxyl groups is 2. The molecular weight excluding hydrogens is 260 g/mol. The third-order valence-corrected chi connectivity index (χ3v) is 6.10. The normalized spacial score (nSPS) is 44.3. The van der Waals surface area contributed by atoms with Crippen molar-refractivity contribution in [2.45, 2.75) is 70.5 Å². The average Bonchev–Trinajstić information content (AvgIpc) is 2.76. The fourth-order valence-corrected chi connectivity index (χ4v) is 4.61. The van der Waals surface area contributed by atoms with E-state index in [2.05, 4.69) is 25.7 Å². The lowest BCUT2D eigenvalue weighted by molar-refractivity contribution is 0.0301. The van der Waals surface area contributed by atoms with Gasteiger partial charge in [0.2, 0.25) is 0 Å². The Morgan fingerprint density at radius 3 is 2.76 bits per heavy atom. The lowest BCUT2D eigenvalue weighted by Gasteiger charge is -2.40. The molecule has 2 heteroatoms. The lowest BCUT2D eigenvalue weighted by atomic mass is 9.66. The summed E-state index contributed by atoms with van der Waals surface area (Å²) in [5.74, 6) is 0.542. The molecule has 21 heavy (non-hydrogen) atoms. The minimum atomic E-state index is -0.204. The third kappa shape index (κ3) is 2.76. The predicted octanol–water partition coefficient (Wildman–Crippen LogP) is 3.90. The summed E-state index contributed by atoms with van der Waals surface area (Å²) in [5.41, 5.74) is 3.99. The van der Waals surface area contributed by atoms with Crippen molar-refractivity contribution in [2.24, 2.45) is 11.3 Å². The molecule has 3 saturated carbocycles. The first-order chi connectivity index (χ1) is 10.0. The molecule has 2 unspecified atom stereocenters. The lowest BCUT2D eigenvalue weighted by Crippen LogP contribution is -2.36. The molecule has 2 nitrogen and oxygen atoms in total. The second-order valence-corrected chi connectivity index (χ2v) is 7.44. The minimum absolute atomic E-state index is 0.0890. The molecule has 0 aromatic heterocycles. The third-order valence-electron chi connectivity index (χ3n) is 6.10. The Kier molecular flexibility index (Phi) is 4.11. The van der Waals surface area contributed by atoms with Gasteiger partial charge in [0.1, 0.15) is 0 Å². The maximum atomic E-state index is 10.3. The van der Waals surface area contributed by atoms with E-state index in [0.29, 0.717) is 5.92 Å². The van der Waals surface area contributed by atoms with Crippen molar-refractivity contribution < 1.29 is 10.2 Å². The van der Waals surface area contributed by atoms with Crippen molar-refractivity contribution in [3.8, 4) is 0 Å². The minimum Gasteiger partial charge on any atom is -0.393 e. The number of aliphatic hydroxyl groups excluding tert-OH is 2. The standard InChI is InChI=1S/C19H28O2/c1-13-5-8-16(20)12-15(13)7-6-14-4-3-11-19(2)17(14)9-10-18(19)21/h6-7,16-18,20-21H,1,3-5,8-12H2,2H3/b14-6+,15-7-/t16-,17?,18?,19+/m1/s1. The van der Waals surface area contributed by atoms with Crippen LogP contribution in [0.1, 0.15) is 58.3 Å². The molecule has 0 spiro atoms. The van der Waals surface area contributed by atoms with Crippen molar-refractivity contribution >= 4 is 0 Å². The van der Waals surface area contributed by atoms with E-state index < -0.39 is 0 Å². The zero-order valence-electron chi connectivity index (χ0n) is 13.1. The maximum Gasteiger partial charge on any atom is 0.0599 e. The molecule has 0 heterocycles. The molecule has 0 aromatic carbocycles. The van der Waals surface area contributed by atoms with Crippen LogP contribution in [0.4, 0.5) is 0 Å². The second-order valence-electron chi connectivity index (χ2n) is 7.44. The van der Waals surface area contributed by atoms with Crippen molar-refractivity contribution in [1.82, 2.24) is 0 Å². The van der Waals surface area contributed by atoms with E-state index in [1.807, 2.05) is 0 Å². The molecule has 0 bridgehead atoms. The van der Waals surface area contributed by atoms with Crippen LogP contribution in [-0.4, -0.2) is 22.4 Å². The van der Waals surface area contributed by atoms with E-state index in [9.17, 15) is 10.2 Å². The van der Waals surface area contributed by atoms with Gasteiger partial charge in [-0.15, -0.1) is 0 Å². The highest BCUT2D eigenvalue weighted by molar-refractivity contribution is 5.36. The predicted molar refractivity (Wildman–Crippen MR) is 85.9 cm³/mol. The first-order valence-corrected chi connectivity index (χ1v) is 8.44. The van der Waals surface area contributed by atoms with Gasteiger partial charge in [0.15, 0.2) is 0 Å². The first kappa shape index (κ1) is 15.1. The van der Waals surface area contributed by atoms with Gasteiger partial charge in [0.05, 0.1) is 12.2 Å². The van der Waals surface area contributed by atoms with Crippen LogP contribution in [0.5, 0.6) is 0 Å². The molecule has 0 amide bonds. The van der Waals surface area contributed by atoms with E-state index >= 15 is 0 Å². The topological polar surface area (TPSA) is 40.5 Å². The molecule has 0 aliphatic heterocycles. The van der Waals surface area contributed by atoms with Crippen LogP contribution in [0.2, 0.25) is 0 Å². The second kappa shape index (κ2) is 5.73.